The molecular formula is C20H19N3O4S2. The predicted octanol–water partition coefficient (Wildman–Crippen LogP) is 2.09. The van der Waals surface area contributed by atoms with Crippen LogP contribution in [0.3, 0.4) is 0 Å². The molecule has 0 fully saturated rings. The summed E-state index contributed by atoms with van der Waals surface area (Å²) in [4.78, 5) is 28.9. The van der Waals surface area contributed by atoms with Gasteiger partial charge >= 0.3 is 11.8 Å². The van der Waals surface area contributed by atoms with Crippen LogP contribution in [0.15, 0.2) is 77.3 Å². The highest BCUT2D eigenvalue weighted by Gasteiger charge is 2.31. The largest absolute Gasteiger partial charge is 0.346 e. The number of nitrogens with one attached hydrogen (secondary N) is 2. The number of carbonyl (C=O) groups is 2. The summed E-state index contributed by atoms with van der Waals surface area (Å²) < 4.78 is 26.1. The van der Waals surface area contributed by atoms with Gasteiger partial charge < -0.3 is 10.6 Å². The van der Waals surface area contributed by atoms with Gasteiger partial charge in [-0.15, -0.1) is 11.3 Å². The molecule has 0 aliphatic carbocycles. The Kier molecular flexibility index (Phi) is 6.73. The summed E-state index contributed by atoms with van der Waals surface area (Å²) in [5.74, 6) is -1.72. The lowest BCUT2D eigenvalue weighted by Crippen LogP contribution is -2.42. The van der Waals surface area contributed by atoms with Crippen LogP contribution in [0.2, 0.25) is 0 Å². The maximum atomic E-state index is 13.1. The predicted molar refractivity (Wildman–Crippen MR) is 110 cm³/mol. The van der Waals surface area contributed by atoms with Gasteiger partial charge in [-0.25, -0.2) is 8.42 Å². The number of hydrogen-bond acceptors (Lipinski definition) is 6. The molecule has 3 rings (SSSR count). The summed E-state index contributed by atoms with van der Waals surface area (Å²) in [6, 6.07) is 14.9. The van der Waals surface area contributed by atoms with Gasteiger partial charge in [0.25, 0.3) is 0 Å². The monoisotopic (exact) mass is 429 g/mol. The SMILES string of the molecule is O=C(NCc1ccncc1)C(=O)NCC(c1cccs1)S(=O)(=O)c1ccccc1. The van der Waals surface area contributed by atoms with Crippen molar-refractivity contribution in [2.75, 3.05) is 6.54 Å². The molecule has 29 heavy (non-hydrogen) atoms. The summed E-state index contributed by atoms with van der Waals surface area (Å²) in [5, 5.41) is 5.73. The van der Waals surface area contributed by atoms with Gasteiger partial charge in [-0.1, -0.05) is 24.3 Å². The molecule has 2 N–H and O–H groups in total. The van der Waals surface area contributed by atoms with Gasteiger partial charge in [-0.2, -0.15) is 0 Å². The van der Waals surface area contributed by atoms with Crippen molar-refractivity contribution in [1.82, 2.24) is 15.6 Å². The fraction of sp³-hybridized carbons (Fsp3) is 0.150. The van der Waals surface area contributed by atoms with Crippen molar-refractivity contribution >= 4 is 33.0 Å². The Bertz CT molecular complexity index is 1050. The summed E-state index contributed by atoms with van der Waals surface area (Å²) in [6.45, 7) is -0.0370. The van der Waals surface area contributed by atoms with Crippen LogP contribution in [0.5, 0.6) is 0 Å². The number of benzene rings is 1. The van der Waals surface area contributed by atoms with Crippen LogP contribution in [0.25, 0.3) is 0 Å². The van der Waals surface area contributed by atoms with Gasteiger partial charge in [-0.05, 0) is 41.3 Å². The van der Waals surface area contributed by atoms with Gasteiger partial charge in [-0.3, -0.25) is 14.6 Å². The molecule has 1 atom stereocenters. The van der Waals surface area contributed by atoms with E-state index in [-0.39, 0.29) is 18.0 Å². The van der Waals surface area contributed by atoms with E-state index < -0.39 is 26.9 Å². The molecule has 2 amide bonds. The lowest BCUT2D eigenvalue weighted by molar-refractivity contribution is -0.139. The molecule has 2 heterocycles. The zero-order valence-corrected chi connectivity index (χ0v) is 16.9. The summed E-state index contributed by atoms with van der Waals surface area (Å²) in [7, 11) is -3.74. The highest BCUT2D eigenvalue weighted by Crippen LogP contribution is 2.31. The van der Waals surface area contributed by atoms with Crippen LogP contribution in [0.1, 0.15) is 15.7 Å². The Labute approximate surface area is 172 Å². The van der Waals surface area contributed by atoms with E-state index in [4.69, 9.17) is 0 Å². The lowest BCUT2D eigenvalue weighted by atomic mass is 10.3. The maximum Gasteiger partial charge on any atom is 0.309 e. The molecule has 1 aromatic carbocycles. The van der Waals surface area contributed by atoms with Crippen LogP contribution >= 0.6 is 11.3 Å². The van der Waals surface area contributed by atoms with E-state index in [1.165, 1.54) is 23.5 Å². The third-order valence-electron chi connectivity index (χ3n) is 4.16. The molecule has 0 spiro atoms. The quantitative estimate of drug-likeness (QED) is 0.560. The van der Waals surface area contributed by atoms with Crippen molar-refractivity contribution < 1.29 is 18.0 Å². The molecule has 7 nitrogen and oxygen atoms in total. The molecule has 0 aliphatic heterocycles. The van der Waals surface area contributed by atoms with Gasteiger partial charge in [0.1, 0.15) is 5.25 Å². The van der Waals surface area contributed by atoms with E-state index in [0.717, 1.165) is 5.56 Å². The number of carbonyl (C=O) groups excluding carboxylic acids is 2. The average molecular weight is 430 g/mol. The summed E-state index contributed by atoms with van der Waals surface area (Å²) >= 11 is 1.28. The fourth-order valence-electron chi connectivity index (χ4n) is 2.64. The van der Waals surface area contributed by atoms with E-state index >= 15 is 0 Å². The van der Waals surface area contributed by atoms with E-state index in [9.17, 15) is 18.0 Å². The lowest BCUT2D eigenvalue weighted by Gasteiger charge is -2.17. The minimum Gasteiger partial charge on any atom is -0.346 e. The number of hydrogen-bond donors (Lipinski definition) is 2. The Morgan fingerprint density at radius 3 is 2.28 bits per heavy atom. The molecule has 2 aromatic heterocycles. The van der Waals surface area contributed by atoms with Crippen LogP contribution in [-0.4, -0.2) is 31.8 Å². The molecule has 9 heteroatoms. The van der Waals surface area contributed by atoms with E-state index in [2.05, 4.69) is 15.6 Å². The van der Waals surface area contributed by atoms with Crippen molar-refractivity contribution in [2.45, 2.75) is 16.7 Å². The number of amides is 2. The molecule has 0 radical (unpaired) electrons. The topological polar surface area (TPSA) is 105 Å². The Morgan fingerprint density at radius 2 is 1.62 bits per heavy atom. The fourth-order valence-corrected chi connectivity index (χ4v) is 5.45. The van der Waals surface area contributed by atoms with Crippen molar-refractivity contribution in [3.05, 3.63) is 82.8 Å². The molecular weight excluding hydrogens is 410 g/mol. The second-order valence-corrected chi connectivity index (χ2v) is 9.22. The first-order valence-corrected chi connectivity index (χ1v) is 11.2. The Morgan fingerprint density at radius 1 is 0.931 bits per heavy atom. The zero-order chi connectivity index (χ0) is 20.7. The van der Waals surface area contributed by atoms with Crippen molar-refractivity contribution in [3.8, 4) is 0 Å². The Balaban J connectivity index is 1.67. The summed E-state index contributed by atoms with van der Waals surface area (Å²) in [5.41, 5.74) is 0.796. The van der Waals surface area contributed by atoms with Crippen LogP contribution in [0, 0.1) is 0 Å². The minimum absolute atomic E-state index is 0.162. The number of sulfone groups is 1. The molecule has 150 valence electrons. The van der Waals surface area contributed by atoms with Gasteiger partial charge in [0.2, 0.25) is 0 Å². The molecule has 0 aliphatic rings. The van der Waals surface area contributed by atoms with E-state index in [0.29, 0.717) is 4.88 Å². The summed E-state index contributed by atoms with van der Waals surface area (Å²) in [6.07, 6.45) is 3.17. The van der Waals surface area contributed by atoms with Gasteiger partial charge in [0.05, 0.1) is 4.90 Å². The molecule has 3 aromatic rings. The van der Waals surface area contributed by atoms with E-state index in [1.54, 1.807) is 60.2 Å². The van der Waals surface area contributed by atoms with Crippen molar-refractivity contribution in [3.63, 3.8) is 0 Å². The van der Waals surface area contributed by atoms with E-state index in [1.807, 2.05) is 0 Å². The third kappa shape index (κ3) is 5.27. The Hall–Kier alpha value is -3.04. The smallest absolute Gasteiger partial charge is 0.309 e. The number of nitrogens with zero attached hydrogens (tertiary/aromatic N) is 1. The van der Waals surface area contributed by atoms with Gasteiger partial charge in [0.15, 0.2) is 9.84 Å². The second-order valence-electron chi connectivity index (χ2n) is 6.11. The van der Waals surface area contributed by atoms with Crippen LogP contribution in [0.4, 0.5) is 0 Å². The van der Waals surface area contributed by atoms with Crippen molar-refractivity contribution in [2.24, 2.45) is 0 Å². The zero-order valence-electron chi connectivity index (χ0n) is 15.3. The number of aromatic nitrogens is 1. The average Bonchev–Trinajstić information content (AvgIpc) is 3.27. The second kappa shape index (κ2) is 9.44. The first-order chi connectivity index (χ1) is 14.0. The molecule has 0 saturated carbocycles. The maximum absolute atomic E-state index is 13.1. The number of pyridine rings is 1. The molecule has 1 unspecified atom stereocenters. The highest BCUT2D eigenvalue weighted by molar-refractivity contribution is 7.91. The highest BCUT2D eigenvalue weighted by atomic mass is 32.2. The minimum atomic E-state index is -3.74. The standard InChI is InChI=1S/C20H19N3O4S2/c24-19(22-13-15-8-10-21-11-9-15)20(25)23-14-18(17-7-4-12-28-17)29(26,27)16-5-2-1-3-6-16/h1-12,18H,13-14H2,(H,22,24)(H,23,25). The normalized spacial score (nSPS) is 12.1. The number of rotatable bonds is 7. The third-order valence-corrected chi connectivity index (χ3v) is 7.40. The van der Waals surface area contributed by atoms with Crippen LogP contribution in [-0.2, 0) is 26.0 Å². The van der Waals surface area contributed by atoms with Crippen LogP contribution < -0.4 is 10.6 Å². The van der Waals surface area contributed by atoms with Gasteiger partial charge in [0, 0.05) is 30.4 Å². The van der Waals surface area contributed by atoms with Crippen molar-refractivity contribution in [1.29, 1.82) is 0 Å². The number of thiophene rings is 1. The first-order valence-electron chi connectivity index (χ1n) is 8.76. The molecule has 0 bridgehead atoms. The molecule has 0 saturated heterocycles. The first kappa shape index (κ1) is 20.7.